The molecule has 5 heterocycles. The molecule has 12 heteroatoms. The molecule has 0 bridgehead atoms. The number of likely N-dealkylation sites (tertiary alicyclic amines) is 1. The fourth-order valence-corrected chi connectivity index (χ4v) is 5.74. The normalized spacial score (nSPS) is 16.4. The largest absolute Gasteiger partial charge is 0.383 e. The summed E-state index contributed by atoms with van der Waals surface area (Å²) in [5.74, 6) is 0.812. The van der Waals surface area contributed by atoms with Crippen LogP contribution < -0.4 is 11.1 Å². The number of piperidine rings is 1. The fourth-order valence-electron chi connectivity index (χ4n) is 5.74. The Balaban J connectivity index is 0.000000242. The smallest absolute Gasteiger partial charge is 0.245 e. The van der Waals surface area contributed by atoms with E-state index in [4.69, 9.17) is 15.7 Å². The molecule has 1 fully saturated rings. The van der Waals surface area contributed by atoms with Crippen molar-refractivity contribution in [2.75, 3.05) is 25.9 Å². The van der Waals surface area contributed by atoms with Crippen LogP contribution in [-0.2, 0) is 17.6 Å². The van der Waals surface area contributed by atoms with Crippen molar-refractivity contribution in [3.63, 3.8) is 0 Å². The van der Waals surface area contributed by atoms with Crippen molar-refractivity contribution >= 4 is 22.9 Å². The van der Waals surface area contributed by atoms with Crippen LogP contribution in [0, 0.1) is 5.95 Å². The number of halogens is 2. The highest BCUT2D eigenvalue weighted by atomic mass is 19.1. The van der Waals surface area contributed by atoms with Gasteiger partial charge in [-0.2, -0.15) is 4.39 Å². The zero-order chi connectivity index (χ0) is 30.8. The predicted molar refractivity (Wildman–Crippen MR) is 165 cm³/mol. The maximum Gasteiger partial charge on any atom is 0.245 e. The first-order valence-corrected chi connectivity index (χ1v) is 14.5. The van der Waals surface area contributed by atoms with Gasteiger partial charge >= 0.3 is 0 Å². The van der Waals surface area contributed by atoms with Crippen molar-refractivity contribution in [2.24, 2.45) is 0 Å². The number of carbonyl (C=O) groups is 1. The molecule has 1 atom stereocenters. The number of imidazole rings is 1. The van der Waals surface area contributed by atoms with Gasteiger partial charge in [0.2, 0.25) is 11.9 Å². The Labute approximate surface area is 253 Å². The molecule has 44 heavy (non-hydrogen) atoms. The number of rotatable bonds is 5. The van der Waals surface area contributed by atoms with Crippen LogP contribution in [0.25, 0.3) is 34.1 Å². The second-order valence-electron chi connectivity index (χ2n) is 10.9. The van der Waals surface area contributed by atoms with Gasteiger partial charge in [-0.25, -0.2) is 24.0 Å². The van der Waals surface area contributed by atoms with E-state index in [0.717, 1.165) is 42.7 Å². The number of nitrogens with zero attached hydrogens (tertiary/aromatic N) is 7. The maximum absolute atomic E-state index is 14.0. The number of alkyl halides is 1. The number of hydrogen-bond donors (Lipinski definition) is 2. The summed E-state index contributed by atoms with van der Waals surface area (Å²) in [7, 11) is 1.97. The zero-order valence-electron chi connectivity index (χ0n) is 24.3. The molecule has 7 rings (SSSR count). The SMILES string of the molecule is C=CC(=O)N1CCC(NC)CC1.Nc1ncccc1-c1nc2ccc(-n3ccc(F)n3)nc2n1-c1ccc2c(c1)CC(F)C2. The number of amides is 1. The monoisotopic (exact) mass is 597 g/mol. The third-order valence-corrected chi connectivity index (χ3v) is 8.08. The van der Waals surface area contributed by atoms with Crippen LogP contribution in [0.4, 0.5) is 14.6 Å². The Morgan fingerprint density at radius 2 is 1.89 bits per heavy atom. The average molecular weight is 598 g/mol. The molecule has 1 unspecified atom stereocenters. The van der Waals surface area contributed by atoms with Crippen LogP contribution in [0.1, 0.15) is 24.0 Å². The van der Waals surface area contributed by atoms with Crippen molar-refractivity contribution < 1.29 is 13.6 Å². The summed E-state index contributed by atoms with van der Waals surface area (Å²) >= 11 is 0. The van der Waals surface area contributed by atoms with Crippen LogP contribution in [0.15, 0.2) is 73.6 Å². The highest BCUT2D eigenvalue weighted by Crippen LogP contribution is 2.33. The second kappa shape index (κ2) is 12.3. The number of carbonyl (C=O) groups excluding carboxylic acids is 1. The van der Waals surface area contributed by atoms with Gasteiger partial charge in [-0.05, 0) is 73.5 Å². The van der Waals surface area contributed by atoms with E-state index in [-0.39, 0.29) is 5.91 Å². The molecule has 3 N–H and O–H groups in total. The zero-order valence-corrected chi connectivity index (χ0v) is 24.3. The van der Waals surface area contributed by atoms with Gasteiger partial charge in [0.25, 0.3) is 0 Å². The summed E-state index contributed by atoms with van der Waals surface area (Å²) in [5, 5.41) is 7.03. The number of anilines is 1. The van der Waals surface area contributed by atoms with Gasteiger partial charge in [0.05, 0.1) is 5.56 Å². The minimum Gasteiger partial charge on any atom is -0.383 e. The molecule has 4 aromatic heterocycles. The van der Waals surface area contributed by atoms with E-state index in [1.165, 1.54) is 23.0 Å². The standard InChI is InChI=1S/C23H17F2N7.C9H16N2O/c24-15-10-13-3-4-16(12-14(13)11-15)32-22(17-2-1-8-27-21(17)26)28-18-5-6-20(29-23(18)32)31-9-7-19(25)30-31;1-3-9(12)11-6-4-8(10-2)5-7-11/h1-9,12,15H,10-11H2,(H2,26,27);3,8,10H,1,4-7H2,2H3. The summed E-state index contributed by atoms with van der Waals surface area (Å²) in [6, 6.07) is 14.8. The molecule has 1 aliphatic heterocycles. The summed E-state index contributed by atoms with van der Waals surface area (Å²) in [6.45, 7) is 5.18. The van der Waals surface area contributed by atoms with Crippen LogP contribution in [-0.4, -0.2) is 72.5 Å². The van der Waals surface area contributed by atoms with Gasteiger partial charge in [-0.15, -0.1) is 5.10 Å². The van der Waals surface area contributed by atoms with Crippen molar-refractivity contribution in [1.29, 1.82) is 0 Å². The number of fused-ring (bicyclic) bond motifs is 2. The first kappa shape index (κ1) is 29.1. The first-order valence-electron chi connectivity index (χ1n) is 14.5. The molecule has 0 saturated carbocycles. The van der Waals surface area contributed by atoms with E-state index < -0.39 is 12.1 Å². The van der Waals surface area contributed by atoms with Gasteiger partial charge in [-0.3, -0.25) is 9.36 Å². The van der Waals surface area contributed by atoms with Gasteiger partial charge in [0, 0.05) is 56.1 Å². The Kier molecular flexibility index (Phi) is 8.16. The summed E-state index contributed by atoms with van der Waals surface area (Å²) < 4.78 is 30.7. The van der Waals surface area contributed by atoms with Crippen LogP contribution in [0.2, 0.25) is 0 Å². The predicted octanol–water partition coefficient (Wildman–Crippen LogP) is 4.21. The molecule has 226 valence electrons. The third-order valence-electron chi connectivity index (χ3n) is 8.08. The molecular formula is C32H33F2N9O. The number of aromatic nitrogens is 6. The molecule has 1 aromatic carbocycles. The number of benzene rings is 1. The Hall–Kier alpha value is -4.97. The number of nitrogens with one attached hydrogen (secondary N) is 1. The second-order valence-corrected chi connectivity index (χ2v) is 10.9. The molecule has 0 radical (unpaired) electrons. The highest BCUT2D eigenvalue weighted by Gasteiger charge is 2.24. The Morgan fingerprint density at radius 3 is 2.59 bits per heavy atom. The topological polar surface area (TPSA) is 120 Å². The number of nitrogen functional groups attached to an aromatic ring is 1. The number of pyridine rings is 2. The number of nitrogens with two attached hydrogens (primary N) is 1. The van der Waals surface area contributed by atoms with E-state index in [0.29, 0.717) is 53.1 Å². The Bertz CT molecular complexity index is 1820. The van der Waals surface area contributed by atoms with Gasteiger partial charge in [-0.1, -0.05) is 12.6 Å². The van der Waals surface area contributed by atoms with E-state index in [1.807, 2.05) is 40.8 Å². The molecule has 10 nitrogen and oxygen atoms in total. The van der Waals surface area contributed by atoms with E-state index in [2.05, 4.69) is 22.0 Å². The maximum atomic E-state index is 14.0. The third kappa shape index (κ3) is 5.80. The first-order chi connectivity index (χ1) is 21.3. The van der Waals surface area contributed by atoms with Crippen molar-refractivity contribution in [3.05, 3.63) is 90.7 Å². The van der Waals surface area contributed by atoms with E-state index in [9.17, 15) is 13.6 Å². The lowest BCUT2D eigenvalue weighted by molar-refractivity contribution is -0.127. The molecule has 1 saturated heterocycles. The molecule has 5 aromatic rings. The molecule has 0 spiro atoms. The lowest BCUT2D eigenvalue weighted by Gasteiger charge is -2.30. The van der Waals surface area contributed by atoms with Crippen molar-refractivity contribution in [2.45, 2.75) is 37.9 Å². The molecule has 2 aliphatic rings. The molecule has 1 aliphatic carbocycles. The molecular weight excluding hydrogens is 564 g/mol. The lowest BCUT2D eigenvalue weighted by Crippen LogP contribution is -2.43. The van der Waals surface area contributed by atoms with Crippen LogP contribution in [0.5, 0.6) is 0 Å². The molecule has 1 amide bonds. The van der Waals surface area contributed by atoms with Crippen LogP contribution in [0.3, 0.4) is 0 Å². The van der Waals surface area contributed by atoms with E-state index >= 15 is 0 Å². The Morgan fingerprint density at radius 1 is 1.09 bits per heavy atom. The summed E-state index contributed by atoms with van der Waals surface area (Å²) in [4.78, 5) is 26.7. The highest BCUT2D eigenvalue weighted by molar-refractivity contribution is 5.87. The minimum absolute atomic E-state index is 0.0598. The van der Waals surface area contributed by atoms with Gasteiger partial charge in [0.1, 0.15) is 17.5 Å². The van der Waals surface area contributed by atoms with E-state index in [1.54, 1.807) is 24.4 Å². The quantitative estimate of drug-likeness (QED) is 0.291. The van der Waals surface area contributed by atoms with Crippen molar-refractivity contribution in [1.82, 2.24) is 39.5 Å². The minimum atomic E-state index is -0.868. The number of hydrogen-bond acceptors (Lipinski definition) is 7. The van der Waals surface area contributed by atoms with Gasteiger partial charge < -0.3 is 16.0 Å². The average Bonchev–Trinajstić information content (AvgIpc) is 3.76. The van der Waals surface area contributed by atoms with Crippen molar-refractivity contribution in [3.8, 4) is 22.9 Å². The summed E-state index contributed by atoms with van der Waals surface area (Å²) in [5.41, 5.74) is 10.8. The van der Waals surface area contributed by atoms with Crippen LogP contribution >= 0.6 is 0 Å². The van der Waals surface area contributed by atoms with Gasteiger partial charge in [0.15, 0.2) is 17.3 Å². The summed E-state index contributed by atoms with van der Waals surface area (Å²) in [6.07, 6.45) is 6.55. The fraction of sp³-hybridized carbons (Fsp3) is 0.281. The lowest BCUT2D eigenvalue weighted by atomic mass is 10.1.